The van der Waals surface area contributed by atoms with Crippen LogP contribution in [0.1, 0.15) is 68.0 Å². The Morgan fingerprint density at radius 2 is 2.03 bits per heavy atom. The van der Waals surface area contributed by atoms with Crippen LogP contribution in [-0.2, 0) is 38.7 Å². The minimum Gasteiger partial charge on any atom is -0.464 e. The predicted octanol–water partition coefficient (Wildman–Crippen LogP) is 3.94. The molecule has 32 heavy (non-hydrogen) atoms. The highest BCUT2D eigenvalue weighted by Crippen LogP contribution is 2.35. The van der Waals surface area contributed by atoms with Crippen molar-refractivity contribution in [3.05, 3.63) is 46.8 Å². The monoisotopic (exact) mass is 473 g/mol. The predicted molar refractivity (Wildman–Crippen MR) is 110 cm³/mol. The number of carbonyl (C=O) groups excluding carboxylic acids is 1. The fourth-order valence-corrected chi connectivity index (χ4v) is 5.07. The van der Waals surface area contributed by atoms with Crippen molar-refractivity contribution in [1.82, 2.24) is 14.5 Å². The molecule has 1 aliphatic rings. The highest BCUT2D eigenvalue weighted by atomic mass is 32.2. The fourth-order valence-electron chi connectivity index (χ4n) is 3.74. The summed E-state index contributed by atoms with van der Waals surface area (Å²) >= 11 is 0. The molecule has 11 heteroatoms. The second kappa shape index (κ2) is 9.22. The van der Waals surface area contributed by atoms with Crippen molar-refractivity contribution in [3.63, 3.8) is 0 Å². The number of esters is 1. The van der Waals surface area contributed by atoms with Gasteiger partial charge in [0.15, 0.2) is 0 Å². The molecule has 0 saturated heterocycles. The molecule has 0 radical (unpaired) electrons. The lowest BCUT2D eigenvalue weighted by molar-refractivity contribution is -0.141. The van der Waals surface area contributed by atoms with Crippen LogP contribution in [0.5, 0.6) is 0 Å². The lowest BCUT2D eigenvalue weighted by Crippen LogP contribution is -2.31. The van der Waals surface area contributed by atoms with Gasteiger partial charge in [-0.1, -0.05) is 13.8 Å². The van der Waals surface area contributed by atoms with Gasteiger partial charge in [0.25, 0.3) is 0 Å². The van der Waals surface area contributed by atoms with Crippen LogP contribution in [0, 0.1) is 0 Å². The molecule has 0 saturated carbocycles. The Labute approximate surface area is 185 Å². The van der Waals surface area contributed by atoms with Crippen LogP contribution in [0.25, 0.3) is 0 Å². The molecule has 1 heterocycles. The highest BCUT2D eigenvalue weighted by molar-refractivity contribution is 7.89. The maximum Gasteiger partial charge on any atom is 0.416 e. The minimum atomic E-state index is -4.66. The normalized spacial score (nSPS) is 16.8. The number of rotatable bonds is 7. The number of halogens is 3. The Bertz CT molecular complexity index is 1090. The molecule has 1 aromatic heterocycles. The van der Waals surface area contributed by atoms with Crippen molar-refractivity contribution in [2.45, 2.75) is 69.6 Å². The quantitative estimate of drug-likeness (QED) is 0.615. The summed E-state index contributed by atoms with van der Waals surface area (Å²) in [6.45, 7) is 5.19. The number of sulfonamides is 1. The number of nitrogens with one attached hydrogen (secondary N) is 1. The number of ether oxygens (including phenoxy) is 1. The topological polar surface area (TPSA) is 90.3 Å². The van der Waals surface area contributed by atoms with Crippen LogP contribution in [-0.4, -0.2) is 30.8 Å². The van der Waals surface area contributed by atoms with E-state index in [1.54, 1.807) is 24.7 Å². The summed E-state index contributed by atoms with van der Waals surface area (Å²) in [5, 5.41) is 4.27. The zero-order valence-corrected chi connectivity index (χ0v) is 18.9. The van der Waals surface area contributed by atoms with Crippen LogP contribution < -0.4 is 4.72 Å². The molecular weight excluding hydrogens is 447 g/mol. The largest absolute Gasteiger partial charge is 0.464 e. The Kier molecular flexibility index (Phi) is 6.99. The number of aromatic nitrogens is 2. The first-order valence-corrected chi connectivity index (χ1v) is 11.8. The summed E-state index contributed by atoms with van der Waals surface area (Å²) in [7, 11) is -4.22. The summed E-state index contributed by atoms with van der Waals surface area (Å²) < 4.78 is 75.3. The Morgan fingerprint density at radius 1 is 1.31 bits per heavy atom. The molecular formula is C21H26F3N3O4S. The third kappa shape index (κ3) is 5.50. The van der Waals surface area contributed by atoms with Crippen molar-refractivity contribution < 1.29 is 31.1 Å². The molecule has 0 spiro atoms. The highest BCUT2D eigenvalue weighted by Gasteiger charge is 2.34. The van der Waals surface area contributed by atoms with Gasteiger partial charge in [-0.3, -0.25) is 9.48 Å². The molecule has 7 nitrogen and oxygen atoms in total. The molecule has 1 aromatic carbocycles. The van der Waals surface area contributed by atoms with Crippen molar-refractivity contribution in [3.8, 4) is 0 Å². The molecule has 1 unspecified atom stereocenters. The Hall–Kier alpha value is -2.40. The summed E-state index contributed by atoms with van der Waals surface area (Å²) in [6.07, 6.45) is -1.25. The van der Waals surface area contributed by atoms with E-state index in [1.807, 2.05) is 0 Å². The van der Waals surface area contributed by atoms with Crippen LogP contribution in [0.15, 0.2) is 29.3 Å². The molecule has 0 bridgehead atoms. The van der Waals surface area contributed by atoms with Gasteiger partial charge in [0.2, 0.25) is 10.0 Å². The molecule has 0 fully saturated rings. The van der Waals surface area contributed by atoms with E-state index in [2.05, 4.69) is 9.82 Å². The van der Waals surface area contributed by atoms with Crippen LogP contribution in [0.2, 0.25) is 0 Å². The van der Waals surface area contributed by atoms with Crippen LogP contribution in [0.4, 0.5) is 13.2 Å². The van der Waals surface area contributed by atoms with Gasteiger partial charge in [0, 0.05) is 18.2 Å². The number of hydrogen-bond donors (Lipinski definition) is 1. The molecule has 0 aliphatic heterocycles. The van der Waals surface area contributed by atoms with Gasteiger partial charge in [-0.2, -0.15) is 18.3 Å². The van der Waals surface area contributed by atoms with E-state index in [0.717, 1.165) is 11.8 Å². The summed E-state index contributed by atoms with van der Waals surface area (Å²) in [4.78, 5) is 10.5. The lowest BCUT2D eigenvalue weighted by Gasteiger charge is -2.24. The minimum absolute atomic E-state index is 0.141. The second-order valence-electron chi connectivity index (χ2n) is 8.12. The smallest absolute Gasteiger partial charge is 0.416 e. The zero-order chi connectivity index (χ0) is 23.7. The maximum atomic E-state index is 13.4. The molecule has 176 valence electrons. The van der Waals surface area contributed by atoms with Crippen molar-refractivity contribution >= 4 is 16.0 Å². The number of nitrogens with zero attached hydrogens (tertiary/aromatic N) is 2. The van der Waals surface area contributed by atoms with Gasteiger partial charge in [-0.15, -0.1) is 0 Å². The molecule has 1 N–H and O–H groups in total. The zero-order valence-electron chi connectivity index (χ0n) is 18.1. The van der Waals surface area contributed by atoms with Crippen molar-refractivity contribution in [2.24, 2.45) is 0 Å². The van der Waals surface area contributed by atoms with Gasteiger partial charge in [-0.05, 0) is 48.9 Å². The van der Waals surface area contributed by atoms with Gasteiger partial charge < -0.3 is 4.74 Å². The standard InChI is InChI=1S/C21H26F3N3O4S/c1-13(2)15-9-16(21(22,23)24)11-17(10-15)32(29,30)26-19-5-4-6-20-18(19)12-25-27(20)7-8-31-14(3)28/h9-13,19,26H,4-8H2,1-3H3. The summed E-state index contributed by atoms with van der Waals surface area (Å²) in [5.74, 6) is -0.679. The number of fused-ring (bicyclic) bond motifs is 1. The average Bonchev–Trinajstić information content (AvgIpc) is 3.10. The third-order valence-electron chi connectivity index (χ3n) is 5.40. The number of alkyl halides is 3. The lowest BCUT2D eigenvalue weighted by atomic mass is 9.94. The number of carbonyl (C=O) groups is 1. The van der Waals surface area contributed by atoms with Gasteiger partial charge >= 0.3 is 12.1 Å². The first kappa shape index (κ1) is 24.2. The van der Waals surface area contributed by atoms with Gasteiger partial charge in [-0.25, -0.2) is 13.1 Å². The maximum absolute atomic E-state index is 13.4. The molecule has 0 amide bonds. The Morgan fingerprint density at radius 3 is 2.66 bits per heavy atom. The van der Waals surface area contributed by atoms with E-state index in [1.165, 1.54) is 13.0 Å². The number of hydrogen-bond acceptors (Lipinski definition) is 5. The first-order chi connectivity index (χ1) is 14.9. The van der Waals surface area contributed by atoms with Gasteiger partial charge in [0.05, 0.1) is 29.2 Å². The summed E-state index contributed by atoms with van der Waals surface area (Å²) in [5.41, 5.74) is 0.802. The molecule has 1 atom stereocenters. The molecule has 1 aliphatic carbocycles. The molecule has 3 rings (SSSR count). The Balaban J connectivity index is 1.88. The fraction of sp³-hybridized carbons (Fsp3) is 0.524. The first-order valence-electron chi connectivity index (χ1n) is 10.3. The van der Waals surface area contributed by atoms with Crippen molar-refractivity contribution in [2.75, 3.05) is 6.61 Å². The van der Waals surface area contributed by atoms with E-state index < -0.39 is 38.7 Å². The molecule has 2 aromatic rings. The average molecular weight is 474 g/mol. The SMILES string of the molecule is CC(=O)OCCn1ncc2c1CCCC2NS(=O)(=O)c1cc(C(C)C)cc(C(F)(F)F)c1. The van der Waals surface area contributed by atoms with Crippen molar-refractivity contribution in [1.29, 1.82) is 0 Å². The van der Waals surface area contributed by atoms with Crippen LogP contribution in [0.3, 0.4) is 0 Å². The van der Waals surface area contributed by atoms with E-state index >= 15 is 0 Å². The number of benzene rings is 1. The van der Waals surface area contributed by atoms with E-state index in [4.69, 9.17) is 4.74 Å². The third-order valence-corrected chi connectivity index (χ3v) is 6.85. The van der Waals surface area contributed by atoms with Gasteiger partial charge in [0.1, 0.15) is 6.61 Å². The van der Waals surface area contributed by atoms with E-state index in [9.17, 15) is 26.4 Å². The van der Waals surface area contributed by atoms with E-state index in [-0.39, 0.29) is 12.5 Å². The second-order valence-corrected chi connectivity index (χ2v) is 9.83. The summed E-state index contributed by atoms with van der Waals surface area (Å²) in [6, 6.07) is 2.33. The van der Waals surface area contributed by atoms with E-state index in [0.29, 0.717) is 43.0 Å². The van der Waals surface area contributed by atoms with Crippen LogP contribution >= 0.6 is 0 Å².